The molecule has 2 N–H and O–H groups in total. The van der Waals surface area contributed by atoms with E-state index < -0.39 is 23.2 Å². The predicted molar refractivity (Wildman–Crippen MR) is 116 cm³/mol. The summed E-state index contributed by atoms with van der Waals surface area (Å²) in [6.45, 7) is 4.21. The van der Waals surface area contributed by atoms with Gasteiger partial charge >= 0.3 is 0 Å². The van der Waals surface area contributed by atoms with Crippen LogP contribution < -0.4 is 5.32 Å². The zero-order valence-corrected chi connectivity index (χ0v) is 17.5. The number of amides is 1. The van der Waals surface area contributed by atoms with Gasteiger partial charge in [-0.05, 0) is 54.3 Å². The van der Waals surface area contributed by atoms with Crippen LogP contribution in [-0.4, -0.2) is 21.0 Å². The van der Waals surface area contributed by atoms with E-state index in [9.17, 15) is 18.7 Å². The minimum Gasteiger partial charge on any atom is -0.508 e. The highest BCUT2D eigenvalue weighted by Crippen LogP contribution is 2.29. The molecular weight excluding hydrogens is 400 g/mol. The zero-order chi connectivity index (χ0) is 22.4. The van der Waals surface area contributed by atoms with E-state index in [1.165, 1.54) is 24.4 Å². The Kier molecular flexibility index (Phi) is 7.28. The molecule has 0 radical (unpaired) electrons. The first-order valence-electron chi connectivity index (χ1n) is 10.3. The normalized spacial score (nSPS) is 11.9. The van der Waals surface area contributed by atoms with Gasteiger partial charge in [0, 0.05) is 11.8 Å². The number of hydrogen-bond acceptors (Lipinski definition) is 4. The molecule has 0 aliphatic carbocycles. The molecule has 2 aromatic heterocycles. The van der Waals surface area contributed by atoms with Gasteiger partial charge in [0.1, 0.15) is 11.6 Å². The Bertz CT molecular complexity index is 1070. The second kappa shape index (κ2) is 10.1. The van der Waals surface area contributed by atoms with Gasteiger partial charge < -0.3 is 10.4 Å². The molecule has 0 saturated heterocycles. The maximum atomic E-state index is 14.4. The third kappa shape index (κ3) is 5.42. The number of aromatic nitrogens is 2. The molecule has 162 valence electrons. The van der Waals surface area contributed by atoms with Crippen LogP contribution in [0.15, 0.2) is 48.8 Å². The largest absolute Gasteiger partial charge is 0.508 e. The molecule has 7 heteroatoms. The summed E-state index contributed by atoms with van der Waals surface area (Å²) in [5.41, 5.74) is 0.954. The molecule has 1 aromatic carbocycles. The summed E-state index contributed by atoms with van der Waals surface area (Å²) in [4.78, 5) is 20.9. The molecule has 3 rings (SSSR count). The molecule has 0 fully saturated rings. The van der Waals surface area contributed by atoms with Gasteiger partial charge in [0.15, 0.2) is 11.5 Å². The first-order chi connectivity index (χ1) is 14.9. The van der Waals surface area contributed by atoms with Gasteiger partial charge in [-0.25, -0.2) is 13.8 Å². The highest BCUT2D eigenvalue weighted by atomic mass is 19.1. The van der Waals surface area contributed by atoms with Crippen molar-refractivity contribution < 1.29 is 18.7 Å². The van der Waals surface area contributed by atoms with E-state index in [0.29, 0.717) is 5.69 Å². The number of nitrogens with zero attached hydrogens (tertiary/aromatic N) is 2. The number of phenolic OH excluding ortho intramolecular Hbond substituents is 1. The van der Waals surface area contributed by atoms with Gasteiger partial charge in [0.05, 0.1) is 17.6 Å². The quantitative estimate of drug-likeness (QED) is 0.430. The van der Waals surface area contributed by atoms with E-state index in [0.717, 1.165) is 43.4 Å². The van der Waals surface area contributed by atoms with Crippen LogP contribution in [0.25, 0.3) is 11.3 Å². The van der Waals surface area contributed by atoms with Crippen molar-refractivity contribution >= 4 is 11.6 Å². The number of phenols is 1. The Morgan fingerprint density at radius 3 is 2.68 bits per heavy atom. The fraction of sp³-hybridized carbons (Fsp3) is 0.292. The third-order valence-corrected chi connectivity index (χ3v) is 5.16. The average Bonchev–Trinajstić information content (AvgIpc) is 2.76. The van der Waals surface area contributed by atoms with E-state index >= 15 is 0 Å². The summed E-state index contributed by atoms with van der Waals surface area (Å²) >= 11 is 0. The lowest BCUT2D eigenvalue weighted by Crippen LogP contribution is -2.18. The number of anilines is 1. The summed E-state index contributed by atoms with van der Waals surface area (Å²) in [5.74, 6) is -2.20. The number of pyridine rings is 2. The number of carbonyl (C=O) groups is 1. The number of nitrogens with one attached hydrogen (secondary N) is 1. The average molecular weight is 425 g/mol. The standard InChI is InChI=1S/C24H25F2N3O2/c1-3-4-5-6-15(2)17-11-12-27-14-22(17)29-24(31)23-20(26)9-10-21(28-23)18-13-16(30)7-8-19(18)25/h7-15,30H,3-6H2,1-2H3,(H,29,31). The number of unbranched alkanes of at least 4 members (excludes halogenated alkanes) is 2. The Hall–Kier alpha value is -3.35. The molecule has 0 bridgehead atoms. The van der Waals surface area contributed by atoms with E-state index in [1.54, 1.807) is 6.20 Å². The molecule has 0 aliphatic rings. The van der Waals surface area contributed by atoms with Crippen molar-refractivity contribution in [2.24, 2.45) is 0 Å². The highest BCUT2D eigenvalue weighted by Gasteiger charge is 2.19. The fourth-order valence-corrected chi connectivity index (χ4v) is 3.44. The van der Waals surface area contributed by atoms with Crippen molar-refractivity contribution in [3.8, 4) is 17.0 Å². The maximum Gasteiger partial charge on any atom is 0.277 e. The number of rotatable bonds is 8. The van der Waals surface area contributed by atoms with Crippen molar-refractivity contribution in [2.45, 2.75) is 45.4 Å². The zero-order valence-electron chi connectivity index (χ0n) is 17.5. The second-order valence-electron chi connectivity index (χ2n) is 7.50. The van der Waals surface area contributed by atoms with Crippen molar-refractivity contribution in [2.75, 3.05) is 5.32 Å². The first kappa shape index (κ1) is 22.3. The van der Waals surface area contributed by atoms with Gasteiger partial charge in [-0.3, -0.25) is 9.78 Å². The fourth-order valence-electron chi connectivity index (χ4n) is 3.44. The number of aromatic hydroxyl groups is 1. The number of carbonyl (C=O) groups excluding carboxylic acids is 1. The molecular formula is C24H25F2N3O2. The lowest BCUT2D eigenvalue weighted by atomic mass is 9.94. The summed E-state index contributed by atoms with van der Waals surface area (Å²) < 4.78 is 28.6. The number of hydrogen-bond donors (Lipinski definition) is 2. The van der Waals surface area contributed by atoms with E-state index in [2.05, 4.69) is 29.1 Å². The third-order valence-electron chi connectivity index (χ3n) is 5.16. The Morgan fingerprint density at radius 2 is 1.90 bits per heavy atom. The van der Waals surface area contributed by atoms with Crippen molar-refractivity contribution in [1.29, 1.82) is 0 Å². The highest BCUT2D eigenvalue weighted by molar-refractivity contribution is 6.03. The van der Waals surface area contributed by atoms with Crippen LogP contribution in [0.3, 0.4) is 0 Å². The van der Waals surface area contributed by atoms with Crippen LogP contribution in [0.5, 0.6) is 5.75 Å². The maximum absolute atomic E-state index is 14.4. The van der Waals surface area contributed by atoms with Gasteiger partial charge in [0.2, 0.25) is 0 Å². The van der Waals surface area contributed by atoms with Crippen LogP contribution in [0.2, 0.25) is 0 Å². The molecule has 5 nitrogen and oxygen atoms in total. The van der Waals surface area contributed by atoms with Gasteiger partial charge in [-0.2, -0.15) is 0 Å². The second-order valence-corrected chi connectivity index (χ2v) is 7.50. The first-order valence-corrected chi connectivity index (χ1v) is 10.3. The van der Waals surface area contributed by atoms with Crippen molar-refractivity contribution in [3.63, 3.8) is 0 Å². The Balaban J connectivity index is 1.87. The van der Waals surface area contributed by atoms with E-state index in [-0.39, 0.29) is 22.9 Å². The van der Waals surface area contributed by atoms with Crippen LogP contribution in [-0.2, 0) is 0 Å². The van der Waals surface area contributed by atoms with Gasteiger partial charge in [-0.1, -0.05) is 33.1 Å². The van der Waals surface area contributed by atoms with Crippen LogP contribution in [0.4, 0.5) is 14.5 Å². The lowest BCUT2D eigenvalue weighted by molar-refractivity contribution is 0.101. The smallest absolute Gasteiger partial charge is 0.277 e. The summed E-state index contributed by atoms with van der Waals surface area (Å²) in [6, 6.07) is 7.61. The van der Waals surface area contributed by atoms with Crippen molar-refractivity contribution in [3.05, 3.63) is 71.7 Å². The monoisotopic (exact) mass is 425 g/mol. The topological polar surface area (TPSA) is 75.1 Å². The molecule has 2 heterocycles. The molecule has 3 aromatic rings. The summed E-state index contributed by atoms with van der Waals surface area (Å²) in [7, 11) is 0. The van der Waals surface area contributed by atoms with Crippen LogP contribution in [0.1, 0.15) is 61.5 Å². The molecule has 0 saturated carbocycles. The lowest BCUT2D eigenvalue weighted by Gasteiger charge is -2.16. The number of benzene rings is 1. The predicted octanol–water partition coefficient (Wildman–Crippen LogP) is 6.06. The van der Waals surface area contributed by atoms with Crippen molar-refractivity contribution in [1.82, 2.24) is 9.97 Å². The Morgan fingerprint density at radius 1 is 1.13 bits per heavy atom. The van der Waals surface area contributed by atoms with E-state index in [4.69, 9.17) is 0 Å². The van der Waals surface area contributed by atoms with Crippen LogP contribution >= 0.6 is 0 Å². The molecule has 1 unspecified atom stereocenters. The van der Waals surface area contributed by atoms with Gasteiger partial charge in [0.25, 0.3) is 5.91 Å². The van der Waals surface area contributed by atoms with Crippen LogP contribution in [0, 0.1) is 11.6 Å². The molecule has 1 atom stereocenters. The molecule has 0 spiro atoms. The minimum absolute atomic E-state index is 0.0272. The van der Waals surface area contributed by atoms with Gasteiger partial charge in [-0.15, -0.1) is 0 Å². The minimum atomic E-state index is -0.830. The van der Waals surface area contributed by atoms with E-state index in [1.807, 2.05) is 6.07 Å². The Labute approximate surface area is 180 Å². The summed E-state index contributed by atoms with van der Waals surface area (Å²) in [5, 5.41) is 12.3. The summed E-state index contributed by atoms with van der Waals surface area (Å²) in [6.07, 6.45) is 7.46. The molecule has 0 aliphatic heterocycles. The molecule has 1 amide bonds. The molecule has 31 heavy (non-hydrogen) atoms. The number of halogens is 2. The SMILES string of the molecule is CCCCCC(C)c1ccncc1NC(=O)c1nc(-c2cc(O)ccc2F)ccc1F.